The minimum Gasteiger partial charge on any atom is -0.444 e. The van der Waals surface area contributed by atoms with E-state index in [-0.39, 0.29) is 17.0 Å². The number of hydrogen-bond donors (Lipinski definition) is 3. The zero-order chi connectivity index (χ0) is 23.2. The van der Waals surface area contributed by atoms with Gasteiger partial charge in [-0.05, 0) is 51.5 Å². The third kappa shape index (κ3) is 7.56. The van der Waals surface area contributed by atoms with Gasteiger partial charge in [0.05, 0.1) is 10.6 Å². The number of carbonyl (C=O) groups is 3. The first-order valence-corrected chi connectivity index (χ1v) is 10.7. The van der Waals surface area contributed by atoms with Crippen molar-refractivity contribution in [3.05, 3.63) is 69.2 Å². The van der Waals surface area contributed by atoms with Crippen LogP contribution >= 0.6 is 27.5 Å². The molecular formula is C22H25BrClN3O4. The van der Waals surface area contributed by atoms with Crippen LogP contribution in [0.4, 0.5) is 4.79 Å². The Kier molecular flexibility index (Phi) is 8.08. The number of hydrazine groups is 1. The van der Waals surface area contributed by atoms with Crippen molar-refractivity contribution in [2.75, 3.05) is 0 Å². The molecule has 1 unspecified atom stereocenters. The first-order valence-electron chi connectivity index (χ1n) is 9.50. The normalized spacial score (nSPS) is 13.0. The molecule has 0 fully saturated rings. The molecule has 2 rings (SSSR count). The van der Waals surface area contributed by atoms with Gasteiger partial charge in [-0.1, -0.05) is 57.9 Å². The molecule has 0 aliphatic carbocycles. The van der Waals surface area contributed by atoms with Crippen LogP contribution in [0.25, 0.3) is 0 Å². The van der Waals surface area contributed by atoms with Gasteiger partial charge in [0, 0.05) is 10.9 Å². The van der Waals surface area contributed by atoms with E-state index in [9.17, 15) is 14.4 Å². The Labute approximate surface area is 195 Å². The molecule has 0 aliphatic rings. The molecule has 1 atom stereocenters. The van der Waals surface area contributed by atoms with E-state index in [1.807, 2.05) is 30.3 Å². The summed E-state index contributed by atoms with van der Waals surface area (Å²) in [6, 6.07) is 14.0. The zero-order valence-corrected chi connectivity index (χ0v) is 20.1. The van der Waals surface area contributed by atoms with E-state index >= 15 is 0 Å². The third-order valence-corrected chi connectivity index (χ3v) is 4.96. The first kappa shape index (κ1) is 24.7. The van der Waals surface area contributed by atoms with Gasteiger partial charge >= 0.3 is 6.09 Å². The zero-order valence-electron chi connectivity index (χ0n) is 17.7. The lowest BCUT2D eigenvalue weighted by Crippen LogP contribution is -2.61. The van der Waals surface area contributed by atoms with Crippen molar-refractivity contribution in [2.24, 2.45) is 0 Å². The van der Waals surface area contributed by atoms with Gasteiger partial charge in [-0.15, -0.1) is 0 Å². The molecule has 2 aromatic carbocycles. The second-order valence-corrected chi connectivity index (χ2v) is 9.48. The predicted molar refractivity (Wildman–Crippen MR) is 123 cm³/mol. The number of halogens is 2. The Balaban J connectivity index is 2.17. The molecule has 9 heteroatoms. The summed E-state index contributed by atoms with van der Waals surface area (Å²) in [5, 5.41) is 2.85. The smallest absolute Gasteiger partial charge is 0.408 e. The minimum absolute atomic E-state index is 0.173. The van der Waals surface area contributed by atoms with E-state index in [1.165, 1.54) is 6.07 Å². The lowest BCUT2D eigenvalue weighted by molar-refractivity contribution is -0.127. The van der Waals surface area contributed by atoms with Gasteiger partial charge in [0.25, 0.3) is 11.8 Å². The van der Waals surface area contributed by atoms with Crippen LogP contribution in [0.15, 0.2) is 53.0 Å². The number of alkyl carbamates (subject to hydrolysis) is 1. The summed E-state index contributed by atoms with van der Waals surface area (Å²) >= 11 is 9.34. The first-order chi connectivity index (χ1) is 14.4. The monoisotopic (exact) mass is 509 g/mol. The van der Waals surface area contributed by atoms with Crippen LogP contribution in [0.3, 0.4) is 0 Å². The molecule has 0 saturated heterocycles. The molecule has 0 aliphatic heterocycles. The molecular weight excluding hydrogens is 486 g/mol. The summed E-state index contributed by atoms with van der Waals surface area (Å²) in [7, 11) is 0. The van der Waals surface area contributed by atoms with Crippen LogP contribution in [0, 0.1) is 0 Å². The van der Waals surface area contributed by atoms with Gasteiger partial charge in [-0.3, -0.25) is 20.4 Å². The van der Waals surface area contributed by atoms with Gasteiger partial charge in [0.15, 0.2) is 0 Å². The molecule has 3 N–H and O–H groups in total. The number of nitrogens with one attached hydrogen (secondary N) is 3. The number of benzene rings is 2. The average Bonchev–Trinajstić information content (AvgIpc) is 2.66. The maximum Gasteiger partial charge on any atom is 0.408 e. The van der Waals surface area contributed by atoms with E-state index < -0.39 is 29.0 Å². The lowest BCUT2D eigenvalue weighted by atomic mass is 9.92. The second-order valence-electron chi connectivity index (χ2n) is 8.15. The van der Waals surface area contributed by atoms with Gasteiger partial charge < -0.3 is 10.1 Å². The quantitative estimate of drug-likeness (QED) is 0.520. The number of amides is 3. The molecule has 0 saturated carbocycles. The van der Waals surface area contributed by atoms with Crippen LogP contribution in [-0.4, -0.2) is 29.0 Å². The molecule has 7 nitrogen and oxygen atoms in total. The lowest BCUT2D eigenvalue weighted by Gasteiger charge is -2.31. The van der Waals surface area contributed by atoms with Crippen LogP contribution in [-0.2, 0) is 16.0 Å². The van der Waals surface area contributed by atoms with Crippen LogP contribution in [0.2, 0.25) is 5.02 Å². The highest BCUT2D eigenvalue weighted by Gasteiger charge is 2.37. The van der Waals surface area contributed by atoms with Gasteiger partial charge in [0.2, 0.25) is 0 Å². The number of hydrogen-bond acceptors (Lipinski definition) is 4. The highest BCUT2D eigenvalue weighted by atomic mass is 79.9. The van der Waals surface area contributed by atoms with E-state index in [1.54, 1.807) is 39.8 Å². The summed E-state index contributed by atoms with van der Waals surface area (Å²) in [6.45, 7) is 6.73. The van der Waals surface area contributed by atoms with Crippen LogP contribution < -0.4 is 16.2 Å². The molecule has 2 aromatic rings. The van der Waals surface area contributed by atoms with E-state index in [0.29, 0.717) is 4.47 Å². The van der Waals surface area contributed by atoms with Crippen molar-refractivity contribution >= 4 is 45.4 Å². The summed E-state index contributed by atoms with van der Waals surface area (Å²) in [4.78, 5) is 37.9. The summed E-state index contributed by atoms with van der Waals surface area (Å²) in [5.41, 5.74) is 3.58. The SMILES string of the molecule is CC(C)(C)OC(=O)NC(C)(Cc1ccccc1)C(=O)NNC(=O)c1cc(Br)ccc1Cl. The molecule has 31 heavy (non-hydrogen) atoms. The molecule has 0 radical (unpaired) electrons. The van der Waals surface area contributed by atoms with Gasteiger partial charge in [0.1, 0.15) is 11.1 Å². The second kappa shape index (κ2) is 10.2. The van der Waals surface area contributed by atoms with Crippen LogP contribution in [0.5, 0.6) is 0 Å². The molecule has 3 amide bonds. The van der Waals surface area contributed by atoms with Gasteiger partial charge in [-0.2, -0.15) is 0 Å². The Bertz CT molecular complexity index is 963. The van der Waals surface area contributed by atoms with Crippen molar-refractivity contribution in [2.45, 2.75) is 45.3 Å². The fourth-order valence-electron chi connectivity index (χ4n) is 2.70. The highest BCUT2D eigenvalue weighted by molar-refractivity contribution is 9.10. The fourth-order valence-corrected chi connectivity index (χ4v) is 3.27. The van der Waals surface area contributed by atoms with E-state index in [0.717, 1.165) is 5.56 Å². The number of carbonyl (C=O) groups excluding carboxylic acids is 3. The predicted octanol–water partition coefficient (Wildman–Crippen LogP) is 4.39. The van der Waals surface area contributed by atoms with E-state index in [2.05, 4.69) is 32.1 Å². The van der Waals surface area contributed by atoms with Crippen molar-refractivity contribution in [1.82, 2.24) is 16.2 Å². The summed E-state index contributed by atoms with van der Waals surface area (Å²) in [6.07, 6.45) is -0.575. The summed E-state index contributed by atoms with van der Waals surface area (Å²) < 4.78 is 5.97. The number of ether oxygens (including phenoxy) is 1. The Morgan fingerprint density at radius 3 is 2.26 bits per heavy atom. The molecule has 0 aromatic heterocycles. The van der Waals surface area contributed by atoms with Crippen molar-refractivity contribution in [3.8, 4) is 0 Å². The largest absolute Gasteiger partial charge is 0.444 e. The van der Waals surface area contributed by atoms with Crippen molar-refractivity contribution < 1.29 is 19.1 Å². The minimum atomic E-state index is -1.40. The molecule has 166 valence electrons. The topological polar surface area (TPSA) is 96.5 Å². The Morgan fingerprint density at radius 1 is 1.00 bits per heavy atom. The van der Waals surface area contributed by atoms with Crippen molar-refractivity contribution in [1.29, 1.82) is 0 Å². The molecule has 0 bridgehead atoms. The van der Waals surface area contributed by atoms with Crippen LogP contribution in [0.1, 0.15) is 43.6 Å². The molecule has 0 spiro atoms. The number of rotatable bonds is 5. The van der Waals surface area contributed by atoms with Crippen molar-refractivity contribution in [3.63, 3.8) is 0 Å². The molecule has 0 heterocycles. The third-order valence-electron chi connectivity index (χ3n) is 4.14. The maximum absolute atomic E-state index is 13.0. The fraction of sp³-hybridized carbons (Fsp3) is 0.318. The average molecular weight is 511 g/mol. The highest BCUT2D eigenvalue weighted by Crippen LogP contribution is 2.21. The Hall–Kier alpha value is -2.58. The van der Waals surface area contributed by atoms with E-state index in [4.69, 9.17) is 16.3 Å². The maximum atomic E-state index is 13.0. The Morgan fingerprint density at radius 2 is 1.65 bits per heavy atom. The van der Waals surface area contributed by atoms with Gasteiger partial charge in [-0.25, -0.2) is 4.79 Å². The standard InChI is InChI=1S/C22H25BrClN3O4/c1-21(2,3)31-20(30)25-22(4,13-14-8-6-5-7-9-14)19(29)27-26-18(28)16-12-15(23)10-11-17(16)24/h5-12H,13H2,1-4H3,(H,25,30)(H,26,28)(H,27,29). The summed E-state index contributed by atoms with van der Waals surface area (Å²) in [5.74, 6) is -1.22.